The van der Waals surface area contributed by atoms with Crippen molar-refractivity contribution < 1.29 is 12.8 Å². The molecule has 0 aliphatic carbocycles. The number of fused-ring (bicyclic) bond motifs is 1. The summed E-state index contributed by atoms with van der Waals surface area (Å²) in [4.78, 5) is 3.89. The van der Waals surface area contributed by atoms with Gasteiger partial charge in [0.1, 0.15) is 5.52 Å². The summed E-state index contributed by atoms with van der Waals surface area (Å²) >= 11 is 0. The average Bonchev–Trinajstić information content (AvgIpc) is 2.61. The largest absolute Gasteiger partial charge is 0.428 e. The lowest BCUT2D eigenvalue weighted by atomic mass is 10.3. The zero-order valence-electron chi connectivity index (χ0n) is 7.88. The quantitative estimate of drug-likeness (QED) is 0.826. The number of nitrogens with zero attached hydrogens (tertiary/aromatic N) is 1. The summed E-state index contributed by atoms with van der Waals surface area (Å²) < 4.78 is 28.3. The number of aromatic nitrogens is 1. The summed E-state index contributed by atoms with van der Waals surface area (Å²) in [5.74, 6) is -0.153. The minimum absolute atomic E-state index is 0.0566. The third-order valence-corrected chi connectivity index (χ3v) is 3.41. The zero-order valence-corrected chi connectivity index (χ0v) is 8.70. The van der Waals surface area contributed by atoms with Gasteiger partial charge >= 0.3 is 5.22 Å². The number of hydrogen-bond donors (Lipinski definition) is 1. The minimum Gasteiger partial charge on any atom is -0.428 e. The normalized spacial score (nSPS) is 12.1. The molecule has 80 valence electrons. The highest BCUT2D eigenvalue weighted by atomic mass is 32.2. The Morgan fingerprint density at radius 2 is 2.07 bits per heavy atom. The van der Waals surface area contributed by atoms with E-state index in [-0.39, 0.29) is 17.5 Å². The van der Waals surface area contributed by atoms with E-state index in [0.717, 1.165) is 0 Å². The van der Waals surface area contributed by atoms with Gasteiger partial charge in [-0.2, -0.15) is 4.98 Å². The van der Waals surface area contributed by atoms with E-state index in [1.54, 1.807) is 24.3 Å². The number of rotatable bonds is 3. The minimum atomic E-state index is -3.47. The van der Waals surface area contributed by atoms with Crippen LogP contribution in [-0.2, 0) is 9.84 Å². The molecule has 1 heterocycles. The maximum atomic E-state index is 11.6. The highest BCUT2D eigenvalue weighted by molar-refractivity contribution is 7.91. The van der Waals surface area contributed by atoms with Crippen LogP contribution in [0.25, 0.3) is 11.1 Å². The van der Waals surface area contributed by atoms with Gasteiger partial charge in [0.2, 0.25) is 9.84 Å². The molecular weight excluding hydrogens is 216 g/mol. The van der Waals surface area contributed by atoms with Gasteiger partial charge < -0.3 is 10.2 Å². The van der Waals surface area contributed by atoms with Crippen LogP contribution in [0.4, 0.5) is 0 Å². The summed E-state index contributed by atoms with van der Waals surface area (Å²) in [5.41, 5.74) is 6.20. The Labute approximate surface area is 86.8 Å². The van der Waals surface area contributed by atoms with E-state index in [1.165, 1.54) is 0 Å². The number of para-hydroxylation sites is 2. The molecule has 0 radical (unpaired) electrons. The van der Waals surface area contributed by atoms with E-state index in [1.807, 2.05) is 0 Å². The van der Waals surface area contributed by atoms with E-state index < -0.39 is 9.84 Å². The number of hydrogen-bond acceptors (Lipinski definition) is 5. The first kappa shape index (κ1) is 10.1. The molecule has 0 spiro atoms. The summed E-state index contributed by atoms with van der Waals surface area (Å²) in [7, 11) is -3.47. The first-order chi connectivity index (χ1) is 7.13. The fourth-order valence-corrected chi connectivity index (χ4v) is 2.17. The van der Waals surface area contributed by atoms with E-state index in [2.05, 4.69) is 4.98 Å². The predicted octanol–water partition coefficient (Wildman–Crippen LogP) is 0.560. The lowest BCUT2D eigenvalue weighted by Gasteiger charge is -1.94. The summed E-state index contributed by atoms with van der Waals surface area (Å²) in [6, 6.07) is 6.89. The maximum absolute atomic E-state index is 11.6. The zero-order chi connectivity index (χ0) is 10.9. The maximum Gasteiger partial charge on any atom is 0.316 e. The third-order valence-electron chi connectivity index (χ3n) is 1.93. The molecule has 6 heteroatoms. The van der Waals surface area contributed by atoms with Gasteiger partial charge in [-0.1, -0.05) is 12.1 Å². The number of sulfone groups is 1. The Hall–Kier alpha value is -1.40. The molecule has 5 nitrogen and oxygen atoms in total. The molecule has 2 N–H and O–H groups in total. The topological polar surface area (TPSA) is 86.2 Å². The first-order valence-electron chi connectivity index (χ1n) is 4.42. The second-order valence-electron chi connectivity index (χ2n) is 3.06. The van der Waals surface area contributed by atoms with Crippen molar-refractivity contribution >= 4 is 20.9 Å². The molecule has 0 saturated heterocycles. The van der Waals surface area contributed by atoms with Gasteiger partial charge in [-0.3, -0.25) is 0 Å². The van der Waals surface area contributed by atoms with E-state index >= 15 is 0 Å². The van der Waals surface area contributed by atoms with Crippen molar-refractivity contribution in [2.24, 2.45) is 5.73 Å². The van der Waals surface area contributed by atoms with Crippen LogP contribution in [0.2, 0.25) is 0 Å². The molecule has 0 atom stereocenters. The predicted molar refractivity (Wildman–Crippen MR) is 55.1 cm³/mol. The van der Waals surface area contributed by atoms with Crippen LogP contribution in [-0.4, -0.2) is 25.7 Å². The number of nitrogens with two attached hydrogens (primary N) is 1. The molecule has 2 aromatic rings. The molecule has 2 rings (SSSR count). The molecule has 0 saturated carbocycles. The van der Waals surface area contributed by atoms with Crippen LogP contribution < -0.4 is 5.73 Å². The van der Waals surface area contributed by atoms with E-state index in [4.69, 9.17) is 10.2 Å². The van der Waals surface area contributed by atoms with Gasteiger partial charge in [-0.15, -0.1) is 0 Å². The van der Waals surface area contributed by atoms with Gasteiger partial charge in [0.15, 0.2) is 5.58 Å². The van der Waals surface area contributed by atoms with Crippen LogP contribution in [0.5, 0.6) is 0 Å². The first-order valence-corrected chi connectivity index (χ1v) is 6.07. The van der Waals surface area contributed by atoms with Gasteiger partial charge in [-0.25, -0.2) is 8.42 Å². The van der Waals surface area contributed by atoms with Crippen LogP contribution in [0.1, 0.15) is 0 Å². The van der Waals surface area contributed by atoms with E-state index in [0.29, 0.717) is 11.1 Å². The molecule has 1 aromatic heterocycles. The lowest BCUT2D eigenvalue weighted by molar-refractivity contribution is 0.458. The van der Waals surface area contributed by atoms with Crippen molar-refractivity contribution in [1.82, 2.24) is 4.98 Å². The fraction of sp³-hybridized carbons (Fsp3) is 0.222. The molecule has 1 aromatic carbocycles. The van der Waals surface area contributed by atoms with Crippen LogP contribution in [0.3, 0.4) is 0 Å². The van der Waals surface area contributed by atoms with E-state index in [9.17, 15) is 8.42 Å². The van der Waals surface area contributed by atoms with Crippen molar-refractivity contribution in [2.45, 2.75) is 5.22 Å². The molecule has 0 unspecified atom stereocenters. The Morgan fingerprint density at radius 3 is 2.73 bits per heavy atom. The van der Waals surface area contributed by atoms with Crippen molar-refractivity contribution in [3.8, 4) is 0 Å². The fourth-order valence-electron chi connectivity index (χ4n) is 1.23. The van der Waals surface area contributed by atoms with Crippen molar-refractivity contribution in [1.29, 1.82) is 0 Å². The Balaban J connectivity index is 2.54. The SMILES string of the molecule is NCCS(=O)(=O)c1nc2ccccc2o1. The molecule has 15 heavy (non-hydrogen) atoms. The lowest BCUT2D eigenvalue weighted by Crippen LogP contribution is -2.15. The van der Waals surface area contributed by atoms with Gasteiger partial charge in [0.05, 0.1) is 5.75 Å². The second-order valence-corrected chi connectivity index (χ2v) is 5.04. The van der Waals surface area contributed by atoms with Gasteiger partial charge in [0.25, 0.3) is 0 Å². The molecule has 0 aliphatic rings. The summed E-state index contributed by atoms with van der Waals surface area (Å²) in [6.07, 6.45) is 0. The average molecular weight is 226 g/mol. The Morgan fingerprint density at radius 1 is 1.33 bits per heavy atom. The third kappa shape index (κ3) is 1.86. The molecule has 0 amide bonds. The Kier molecular flexibility index (Phi) is 2.45. The monoisotopic (exact) mass is 226 g/mol. The van der Waals surface area contributed by atoms with Gasteiger partial charge in [0, 0.05) is 6.54 Å². The van der Waals surface area contributed by atoms with Crippen molar-refractivity contribution in [2.75, 3.05) is 12.3 Å². The van der Waals surface area contributed by atoms with Crippen LogP contribution >= 0.6 is 0 Å². The number of benzene rings is 1. The Bertz CT molecular complexity index is 541. The molecular formula is C9H10N2O3S. The van der Waals surface area contributed by atoms with Crippen molar-refractivity contribution in [3.63, 3.8) is 0 Å². The van der Waals surface area contributed by atoms with Gasteiger partial charge in [-0.05, 0) is 12.1 Å². The van der Waals surface area contributed by atoms with Crippen LogP contribution in [0.15, 0.2) is 33.9 Å². The summed E-state index contributed by atoms with van der Waals surface area (Å²) in [6.45, 7) is 0.0566. The molecule has 0 bridgehead atoms. The van der Waals surface area contributed by atoms with Crippen molar-refractivity contribution in [3.05, 3.63) is 24.3 Å². The smallest absolute Gasteiger partial charge is 0.316 e. The highest BCUT2D eigenvalue weighted by Gasteiger charge is 2.20. The summed E-state index contributed by atoms with van der Waals surface area (Å²) in [5, 5.41) is -0.255. The second kappa shape index (κ2) is 3.63. The highest BCUT2D eigenvalue weighted by Crippen LogP contribution is 2.18. The van der Waals surface area contributed by atoms with Crippen LogP contribution in [0, 0.1) is 0 Å². The molecule has 0 aliphatic heterocycles. The standard InChI is InChI=1S/C9H10N2O3S/c10-5-6-15(12,13)9-11-7-3-1-2-4-8(7)14-9/h1-4H,5-6,10H2. The molecule has 0 fully saturated rings. The number of oxazole rings is 1.